The molecule has 2 aromatic carbocycles. The predicted molar refractivity (Wildman–Crippen MR) is 135 cm³/mol. The summed E-state index contributed by atoms with van der Waals surface area (Å²) in [5, 5.41) is 8.29. The van der Waals surface area contributed by atoms with Crippen molar-refractivity contribution in [2.45, 2.75) is 40.0 Å². The van der Waals surface area contributed by atoms with Crippen LogP contribution in [0.2, 0.25) is 5.02 Å². The van der Waals surface area contributed by atoms with E-state index in [9.17, 15) is 9.59 Å². The van der Waals surface area contributed by atoms with Crippen LogP contribution in [0.4, 0.5) is 5.82 Å². The van der Waals surface area contributed by atoms with Crippen molar-refractivity contribution in [2.24, 2.45) is 0 Å². The molecule has 7 nitrogen and oxygen atoms in total. The highest BCUT2D eigenvalue weighted by atomic mass is 35.5. The number of likely N-dealkylation sites (N-methyl/N-ethyl adjacent to an activating group) is 1. The SMILES string of the molecule is CCN(CC(=O)Nc1cc(C(C)(C)C)nn1-c1ccccc1C)C(=O)COc1ccc(Cl)cc1. The number of carbonyl (C=O) groups is 2. The van der Waals surface area contributed by atoms with Crippen molar-refractivity contribution in [3.8, 4) is 11.4 Å². The second-order valence-corrected chi connectivity index (χ2v) is 9.50. The van der Waals surface area contributed by atoms with Crippen LogP contribution in [0, 0.1) is 6.92 Å². The molecule has 34 heavy (non-hydrogen) atoms. The topological polar surface area (TPSA) is 76.5 Å². The van der Waals surface area contributed by atoms with Crippen LogP contribution < -0.4 is 10.1 Å². The number of carbonyl (C=O) groups excluding carboxylic acids is 2. The van der Waals surface area contributed by atoms with Crippen LogP contribution in [-0.2, 0) is 15.0 Å². The molecule has 0 unspecified atom stereocenters. The molecule has 1 N–H and O–H groups in total. The number of nitrogens with one attached hydrogen (secondary N) is 1. The first kappa shape index (κ1) is 25.3. The van der Waals surface area contributed by atoms with E-state index in [1.54, 1.807) is 28.9 Å². The summed E-state index contributed by atoms with van der Waals surface area (Å²) in [6.07, 6.45) is 0. The lowest BCUT2D eigenvalue weighted by atomic mass is 9.92. The summed E-state index contributed by atoms with van der Waals surface area (Å²) in [6.45, 7) is 10.1. The van der Waals surface area contributed by atoms with Gasteiger partial charge in [-0.2, -0.15) is 5.10 Å². The molecule has 3 rings (SSSR count). The number of nitrogens with zero attached hydrogens (tertiary/aromatic N) is 3. The summed E-state index contributed by atoms with van der Waals surface area (Å²) in [5.74, 6) is 0.507. The van der Waals surface area contributed by atoms with Gasteiger partial charge in [0.1, 0.15) is 11.6 Å². The summed E-state index contributed by atoms with van der Waals surface area (Å²) in [5.41, 5.74) is 2.57. The van der Waals surface area contributed by atoms with Gasteiger partial charge in [0, 0.05) is 23.0 Å². The minimum absolute atomic E-state index is 0.0941. The van der Waals surface area contributed by atoms with E-state index >= 15 is 0 Å². The third-order valence-corrected chi connectivity index (χ3v) is 5.59. The number of benzene rings is 2. The molecule has 0 saturated carbocycles. The zero-order chi connectivity index (χ0) is 24.9. The number of rotatable bonds is 8. The molecular weight excluding hydrogens is 452 g/mol. The van der Waals surface area contributed by atoms with E-state index in [-0.39, 0.29) is 30.4 Å². The van der Waals surface area contributed by atoms with E-state index in [0.29, 0.717) is 23.1 Å². The molecule has 1 aromatic heterocycles. The maximum atomic E-state index is 12.9. The summed E-state index contributed by atoms with van der Waals surface area (Å²) in [7, 11) is 0. The van der Waals surface area contributed by atoms with E-state index in [2.05, 4.69) is 26.1 Å². The molecule has 0 fully saturated rings. The Morgan fingerprint density at radius 1 is 1.12 bits per heavy atom. The van der Waals surface area contributed by atoms with Gasteiger partial charge in [0.05, 0.1) is 17.9 Å². The highest BCUT2D eigenvalue weighted by Crippen LogP contribution is 2.27. The van der Waals surface area contributed by atoms with Crippen molar-refractivity contribution in [1.29, 1.82) is 0 Å². The number of aromatic nitrogens is 2. The molecule has 180 valence electrons. The highest BCUT2D eigenvalue weighted by Gasteiger charge is 2.23. The largest absolute Gasteiger partial charge is 0.484 e. The average molecular weight is 483 g/mol. The Bertz CT molecular complexity index is 1150. The lowest BCUT2D eigenvalue weighted by molar-refractivity contribution is -0.136. The molecule has 0 bridgehead atoms. The number of hydrogen-bond donors (Lipinski definition) is 1. The monoisotopic (exact) mass is 482 g/mol. The molecule has 1 heterocycles. The van der Waals surface area contributed by atoms with Gasteiger partial charge in [-0.05, 0) is 49.7 Å². The van der Waals surface area contributed by atoms with Crippen LogP contribution >= 0.6 is 11.6 Å². The van der Waals surface area contributed by atoms with E-state index in [1.807, 2.05) is 44.2 Å². The molecule has 3 aromatic rings. The number of hydrogen-bond acceptors (Lipinski definition) is 4. The van der Waals surface area contributed by atoms with Crippen LogP contribution in [0.5, 0.6) is 5.75 Å². The van der Waals surface area contributed by atoms with Crippen molar-refractivity contribution >= 4 is 29.2 Å². The number of anilines is 1. The van der Waals surface area contributed by atoms with Gasteiger partial charge in [-0.3, -0.25) is 9.59 Å². The zero-order valence-electron chi connectivity index (χ0n) is 20.3. The summed E-state index contributed by atoms with van der Waals surface area (Å²) >= 11 is 5.87. The maximum absolute atomic E-state index is 12.9. The van der Waals surface area contributed by atoms with Crippen molar-refractivity contribution in [2.75, 3.05) is 25.0 Å². The van der Waals surface area contributed by atoms with E-state index in [0.717, 1.165) is 16.9 Å². The molecule has 0 spiro atoms. The summed E-state index contributed by atoms with van der Waals surface area (Å²) in [4.78, 5) is 27.0. The Hall–Kier alpha value is -3.32. The Kier molecular flexibility index (Phi) is 7.99. The number of ether oxygens (including phenoxy) is 1. The number of halogens is 1. The second kappa shape index (κ2) is 10.7. The van der Waals surface area contributed by atoms with Crippen LogP contribution in [-0.4, -0.2) is 46.2 Å². The Morgan fingerprint density at radius 2 is 1.79 bits per heavy atom. The molecule has 8 heteroatoms. The minimum atomic E-state index is -0.308. The third kappa shape index (κ3) is 6.38. The molecule has 0 atom stereocenters. The van der Waals surface area contributed by atoms with E-state index < -0.39 is 0 Å². The third-order valence-electron chi connectivity index (χ3n) is 5.33. The zero-order valence-corrected chi connectivity index (χ0v) is 21.0. The van der Waals surface area contributed by atoms with Crippen molar-refractivity contribution in [3.05, 3.63) is 70.9 Å². The van der Waals surface area contributed by atoms with Crippen LogP contribution in [0.25, 0.3) is 5.69 Å². The quantitative estimate of drug-likeness (QED) is 0.490. The smallest absolute Gasteiger partial charge is 0.260 e. The van der Waals surface area contributed by atoms with E-state index in [4.69, 9.17) is 21.4 Å². The summed E-state index contributed by atoms with van der Waals surface area (Å²) < 4.78 is 7.29. The second-order valence-electron chi connectivity index (χ2n) is 9.06. The molecule has 0 aliphatic rings. The van der Waals surface area contributed by atoms with Gasteiger partial charge in [0.15, 0.2) is 6.61 Å². The first-order valence-corrected chi connectivity index (χ1v) is 11.6. The van der Waals surface area contributed by atoms with E-state index in [1.165, 1.54) is 4.90 Å². The van der Waals surface area contributed by atoms with Gasteiger partial charge < -0.3 is 15.0 Å². The molecule has 0 radical (unpaired) electrons. The molecule has 0 aliphatic heterocycles. The Labute approximate surface area is 205 Å². The van der Waals surface area contributed by atoms with Crippen molar-refractivity contribution < 1.29 is 14.3 Å². The number of para-hydroxylation sites is 1. The summed E-state index contributed by atoms with van der Waals surface area (Å²) in [6, 6.07) is 16.5. The van der Waals surface area contributed by atoms with Crippen molar-refractivity contribution in [3.63, 3.8) is 0 Å². The standard InChI is InChI=1S/C26H31ClN4O3/c1-6-30(25(33)17-34-20-13-11-19(27)12-14-20)16-24(32)28-23-15-22(26(3,4)5)29-31(23)21-10-8-7-9-18(21)2/h7-15H,6,16-17H2,1-5H3,(H,28,32). The fourth-order valence-corrected chi connectivity index (χ4v) is 3.45. The van der Waals surface area contributed by atoms with Crippen LogP contribution in [0.3, 0.4) is 0 Å². The fraction of sp³-hybridized carbons (Fsp3) is 0.346. The van der Waals surface area contributed by atoms with Gasteiger partial charge >= 0.3 is 0 Å². The molecular formula is C26H31ClN4O3. The fourth-order valence-electron chi connectivity index (χ4n) is 3.32. The van der Waals surface area contributed by atoms with Gasteiger partial charge in [-0.25, -0.2) is 4.68 Å². The predicted octanol–water partition coefficient (Wildman–Crippen LogP) is 5.00. The Morgan fingerprint density at radius 3 is 2.41 bits per heavy atom. The first-order chi connectivity index (χ1) is 16.1. The van der Waals surface area contributed by atoms with Gasteiger partial charge in [0.25, 0.3) is 5.91 Å². The number of amides is 2. The Balaban J connectivity index is 1.72. The normalized spacial score (nSPS) is 11.2. The molecule has 2 amide bonds. The van der Waals surface area contributed by atoms with Crippen LogP contribution in [0.1, 0.15) is 39.0 Å². The van der Waals surface area contributed by atoms with Gasteiger partial charge in [-0.15, -0.1) is 0 Å². The maximum Gasteiger partial charge on any atom is 0.260 e. The highest BCUT2D eigenvalue weighted by molar-refractivity contribution is 6.30. The van der Waals surface area contributed by atoms with Gasteiger partial charge in [-0.1, -0.05) is 50.6 Å². The number of aryl methyl sites for hydroxylation is 1. The lowest BCUT2D eigenvalue weighted by Gasteiger charge is -2.20. The first-order valence-electron chi connectivity index (χ1n) is 11.2. The van der Waals surface area contributed by atoms with Gasteiger partial charge in [0.2, 0.25) is 5.91 Å². The van der Waals surface area contributed by atoms with Crippen LogP contribution in [0.15, 0.2) is 54.6 Å². The molecule has 0 saturated heterocycles. The average Bonchev–Trinajstić information content (AvgIpc) is 3.21. The lowest BCUT2D eigenvalue weighted by Crippen LogP contribution is -2.40. The van der Waals surface area contributed by atoms with Crippen molar-refractivity contribution in [1.82, 2.24) is 14.7 Å². The minimum Gasteiger partial charge on any atom is -0.484 e. The molecule has 0 aliphatic carbocycles.